The van der Waals surface area contributed by atoms with Crippen LogP contribution in [-0.2, 0) is 9.59 Å². The second kappa shape index (κ2) is 7.17. The van der Waals surface area contributed by atoms with E-state index in [1.807, 2.05) is 18.3 Å². The molecule has 94 valence electrons. The summed E-state index contributed by atoms with van der Waals surface area (Å²) < 4.78 is 2.66. The summed E-state index contributed by atoms with van der Waals surface area (Å²) in [6.07, 6.45) is 5.19. The molecule has 0 aliphatic heterocycles. The number of fused-ring (bicyclic) bond motifs is 1. The van der Waals surface area contributed by atoms with E-state index in [0.717, 1.165) is 16.4 Å². The molecule has 0 aromatic carbocycles. The van der Waals surface area contributed by atoms with Crippen LogP contribution in [0.2, 0.25) is 0 Å². The van der Waals surface area contributed by atoms with Gasteiger partial charge in [-0.1, -0.05) is 15.9 Å². The zero-order valence-electron chi connectivity index (χ0n) is 8.99. The Labute approximate surface area is 119 Å². The Bertz CT molecular complexity index is 560. The zero-order valence-corrected chi connectivity index (χ0v) is 12.2. The van der Waals surface area contributed by atoms with Crippen molar-refractivity contribution in [1.82, 2.24) is 9.38 Å². The topological polar surface area (TPSA) is 68.5 Å². The highest BCUT2D eigenvalue weighted by atomic mass is 79.9. The molecule has 2 heterocycles. The van der Waals surface area contributed by atoms with E-state index in [1.54, 1.807) is 10.6 Å². The Balaban J connectivity index is 0.000000232. The van der Waals surface area contributed by atoms with Crippen LogP contribution in [0.5, 0.6) is 0 Å². The van der Waals surface area contributed by atoms with E-state index >= 15 is 0 Å². The Morgan fingerprint density at radius 3 is 2.39 bits per heavy atom. The number of aldehydes is 3. The lowest BCUT2D eigenvalue weighted by Gasteiger charge is -1.94. The van der Waals surface area contributed by atoms with Crippen LogP contribution in [0, 0.1) is 0 Å². The van der Waals surface area contributed by atoms with Gasteiger partial charge in [0.25, 0.3) is 0 Å². The van der Waals surface area contributed by atoms with Gasteiger partial charge in [-0.3, -0.25) is 9.20 Å². The normalized spacial score (nSPS) is 9.72. The van der Waals surface area contributed by atoms with Crippen LogP contribution in [0.1, 0.15) is 10.5 Å². The molecule has 2 aromatic heterocycles. The number of imidazole rings is 1. The number of nitrogens with zero attached hydrogens (tertiary/aromatic N) is 2. The molecule has 0 unspecified atom stereocenters. The fourth-order valence-electron chi connectivity index (χ4n) is 1.09. The summed E-state index contributed by atoms with van der Waals surface area (Å²) in [4.78, 5) is 32.9. The number of rotatable bonds is 3. The first kappa shape index (κ1) is 14.7. The number of alkyl halides is 1. The third kappa shape index (κ3) is 3.85. The van der Waals surface area contributed by atoms with Crippen molar-refractivity contribution < 1.29 is 14.4 Å². The zero-order chi connectivity index (χ0) is 13.5. The maximum Gasteiger partial charge on any atom is 0.168 e. The van der Waals surface area contributed by atoms with Gasteiger partial charge in [0, 0.05) is 10.7 Å². The molecule has 0 aliphatic rings. The molecule has 2 aromatic rings. The van der Waals surface area contributed by atoms with E-state index in [9.17, 15) is 14.4 Å². The lowest BCUT2D eigenvalue weighted by Crippen LogP contribution is -1.97. The Hall–Kier alpha value is -1.34. The van der Waals surface area contributed by atoms with Crippen molar-refractivity contribution in [3.8, 4) is 0 Å². The number of hydrogen-bond donors (Lipinski definition) is 0. The molecular formula is C11H8Br2N2O3. The second-order valence-electron chi connectivity index (χ2n) is 3.09. The number of hydrogen-bond acceptors (Lipinski definition) is 4. The standard InChI is InChI=1S/C8H5BrN2O.C3H3BrO2/c9-6-1-2-8-10-3-7(5-12)11(8)4-6;4-3(1-5)2-6/h1-5H;1-3H. The lowest BCUT2D eigenvalue weighted by molar-refractivity contribution is -0.113. The molecule has 7 heteroatoms. The van der Waals surface area contributed by atoms with Crippen LogP contribution >= 0.6 is 31.9 Å². The van der Waals surface area contributed by atoms with E-state index < -0.39 is 4.83 Å². The molecule has 0 aliphatic carbocycles. The first-order valence-electron chi connectivity index (χ1n) is 4.74. The number of carbonyl (C=O) groups excluding carboxylic acids is 3. The summed E-state index contributed by atoms with van der Waals surface area (Å²) in [5.74, 6) is 0. The predicted octanol–water partition coefficient (Wildman–Crippen LogP) is 2.06. The number of pyridine rings is 1. The van der Waals surface area contributed by atoms with Crippen molar-refractivity contribution in [1.29, 1.82) is 0 Å². The quantitative estimate of drug-likeness (QED) is 0.467. The molecule has 0 N–H and O–H groups in total. The van der Waals surface area contributed by atoms with Gasteiger partial charge in [-0.15, -0.1) is 0 Å². The average Bonchev–Trinajstić information content (AvgIpc) is 2.80. The van der Waals surface area contributed by atoms with Crippen LogP contribution in [0.3, 0.4) is 0 Å². The van der Waals surface area contributed by atoms with Crippen LogP contribution in [-0.4, -0.2) is 33.1 Å². The highest BCUT2D eigenvalue weighted by Gasteiger charge is 2.00. The van der Waals surface area contributed by atoms with Gasteiger partial charge in [-0.05, 0) is 28.1 Å². The summed E-state index contributed by atoms with van der Waals surface area (Å²) in [5.41, 5.74) is 1.34. The van der Waals surface area contributed by atoms with E-state index in [4.69, 9.17) is 0 Å². The van der Waals surface area contributed by atoms with E-state index in [2.05, 4.69) is 36.8 Å². The summed E-state index contributed by atoms with van der Waals surface area (Å²) in [7, 11) is 0. The minimum Gasteiger partial charge on any atom is -0.302 e. The molecule has 18 heavy (non-hydrogen) atoms. The number of aromatic nitrogens is 2. The number of halogens is 2. The predicted molar refractivity (Wildman–Crippen MR) is 73.1 cm³/mol. The molecule has 0 spiro atoms. The van der Waals surface area contributed by atoms with E-state index in [-0.39, 0.29) is 0 Å². The van der Waals surface area contributed by atoms with Gasteiger partial charge in [0.2, 0.25) is 0 Å². The van der Waals surface area contributed by atoms with Gasteiger partial charge < -0.3 is 9.59 Å². The average molecular weight is 376 g/mol. The van der Waals surface area contributed by atoms with Crippen LogP contribution in [0.25, 0.3) is 5.65 Å². The summed E-state index contributed by atoms with van der Waals surface area (Å²) >= 11 is 6.06. The van der Waals surface area contributed by atoms with Gasteiger partial charge in [0.1, 0.15) is 28.7 Å². The van der Waals surface area contributed by atoms with E-state index in [0.29, 0.717) is 18.3 Å². The smallest absolute Gasteiger partial charge is 0.168 e. The highest BCUT2D eigenvalue weighted by Crippen LogP contribution is 2.12. The van der Waals surface area contributed by atoms with Gasteiger partial charge in [0.15, 0.2) is 6.29 Å². The number of carbonyl (C=O) groups is 3. The van der Waals surface area contributed by atoms with Crippen molar-refractivity contribution in [3.05, 3.63) is 34.7 Å². The van der Waals surface area contributed by atoms with Crippen molar-refractivity contribution in [3.63, 3.8) is 0 Å². The third-order valence-corrected chi connectivity index (χ3v) is 2.78. The first-order chi connectivity index (χ1) is 8.62. The van der Waals surface area contributed by atoms with Gasteiger partial charge in [0.05, 0.1) is 6.20 Å². The highest BCUT2D eigenvalue weighted by molar-refractivity contribution is 9.10. The van der Waals surface area contributed by atoms with Crippen molar-refractivity contribution in [2.45, 2.75) is 4.83 Å². The summed E-state index contributed by atoms with van der Waals surface area (Å²) in [5, 5.41) is 0. The summed E-state index contributed by atoms with van der Waals surface area (Å²) in [6, 6.07) is 3.73. The summed E-state index contributed by atoms with van der Waals surface area (Å²) in [6.45, 7) is 0. The van der Waals surface area contributed by atoms with Crippen LogP contribution in [0.15, 0.2) is 29.0 Å². The minimum atomic E-state index is -0.613. The molecule has 0 saturated carbocycles. The Morgan fingerprint density at radius 1 is 1.22 bits per heavy atom. The Morgan fingerprint density at radius 2 is 1.89 bits per heavy atom. The minimum absolute atomic E-state index is 0.521. The largest absolute Gasteiger partial charge is 0.302 e. The molecule has 0 atom stereocenters. The van der Waals surface area contributed by atoms with Crippen molar-refractivity contribution >= 4 is 56.4 Å². The van der Waals surface area contributed by atoms with Crippen molar-refractivity contribution in [2.75, 3.05) is 0 Å². The fourth-order valence-corrected chi connectivity index (χ4v) is 1.43. The third-order valence-electron chi connectivity index (χ3n) is 1.88. The molecule has 0 amide bonds. The van der Waals surface area contributed by atoms with Gasteiger partial charge in [-0.2, -0.15) is 0 Å². The first-order valence-corrected chi connectivity index (χ1v) is 6.45. The molecular weight excluding hydrogens is 368 g/mol. The monoisotopic (exact) mass is 374 g/mol. The second-order valence-corrected chi connectivity index (χ2v) is 5.07. The molecule has 2 rings (SSSR count). The molecule has 5 nitrogen and oxygen atoms in total. The van der Waals surface area contributed by atoms with Gasteiger partial charge in [-0.25, -0.2) is 4.98 Å². The molecule has 0 fully saturated rings. The van der Waals surface area contributed by atoms with Crippen LogP contribution in [0.4, 0.5) is 0 Å². The van der Waals surface area contributed by atoms with Crippen LogP contribution < -0.4 is 0 Å². The lowest BCUT2D eigenvalue weighted by atomic mass is 10.4. The maximum atomic E-state index is 10.5. The van der Waals surface area contributed by atoms with Gasteiger partial charge >= 0.3 is 0 Å². The molecule has 0 saturated heterocycles. The SMILES string of the molecule is O=CC(Br)C=O.O=Cc1cnc2ccc(Br)cn12. The Kier molecular flexibility index (Phi) is 5.87. The molecule has 0 radical (unpaired) electrons. The van der Waals surface area contributed by atoms with E-state index in [1.165, 1.54) is 0 Å². The van der Waals surface area contributed by atoms with Crippen molar-refractivity contribution in [2.24, 2.45) is 0 Å². The molecule has 0 bridgehead atoms. The fraction of sp³-hybridized carbons (Fsp3) is 0.0909. The maximum absolute atomic E-state index is 10.5.